The molecule has 0 atom stereocenters. The highest BCUT2D eigenvalue weighted by Gasteiger charge is 2.13. The van der Waals surface area contributed by atoms with Gasteiger partial charge in [0.15, 0.2) is 5.78 Å². The average molecular weight is 299 g/mol. The summed E-state index contributed by atoms with van der Waals surface area (Å²) in [6, 6.07) is 7.32. The summed E-state index contributed by atoms with van der Waals surface area (Å²) in [5, 5.41) is 2.96. The van der Waals surface area contributed by atoms with Crippen LogP contribution in [0.15, 0.2) is 29.6 Å². The molecule has 0 aliphatic rings. The minimum Gasteiger partial charge on any atom is -0.293 e. The molecule has 0 aliphatic heterocycles. The van der Waals surface area contributed by atoms with Crippen molar-refractivity contribution in [2.45, 2.75) is 19.8 Å². The van der Waals surface area contributed by atoms with Crippen LogP contribution >= 0.6 is 34.5 Å². The molecule has 94 valence electrons. The molecule has 2 rings (SSSR count). The van der Waals surface area contributed by atoms with Gasteiger partial charge in [-0.2, -0.15) is 0 Å². The molecule has 0 saturated carbocycles. The number of ketones is 1. The van der Waals surface area contributed by atoms with Gasteiger partial charge in [-0.05, 0) is 41.1 Å². The highest BCUT2D eigenvalue weighted by Crippen LogP contribution is 2.24. The lowest BCUT2D eigenvalue weighted by Gasteiger charge is -2.03. The number of Topliss-reactive ketones (excluding diaryl/α,β-unsaturated/α-hetero) is 1. The Balaban J connectivity index is 2.19. The molecule has 0 unspecified atom stereocenters. The SMILES string of the molecule is CCc1ccsc1C(=O)Cc1ccc(Cl)c(Cl)c1. The highest BCUT2D eigenvalue weighted by molar-refractivity contribution is 7.12. The van der Waals surface area contributed by atoms with Crippen LogP contribution in [-0.2, 0) is 12.8 Å². The van der Waals surface area contributed by atoms with Gasteiger partial charge >= 0.3 is 0 Å². The molecule has 4 heteroatoms. The van der Waals surface area contributed by atoms with E-state index in [-0.39, 0.29) is 5.78 Å². The number of thiophene rings is 1. The van der Waals surface area contributed by atoms with Crippen molar-refractivity contribution < 1.29 is 4.79 Å². The summed E-state index contributed by atoms with van der Waals surface area (Å²) in [7, 11) is 0. The number of aryl methyl sites for hydroxylation is 1. The average Bonchev–Trinajstić information content (AvgIpc) is 2.82. The molecule has 0 N–H and O–H groups in total. The quantitative estimate of drug-likeness (QED) is 0.723. The molecular formula is C14H12Cl2OS. The third-order valence-electron chi connectivity index (χ3n) is 2.73. The lowest BCUT2D eigenvalue weighted by molar-refractivity contribution is 0.0996. The van der Waals surface area contributed by atoms with Gasteiger partial charge in [0.2, 0.25) is 0 Å². The first kappa shape index (κ1) is 13.6. The summed E-state index contributed by atoms with van der Waals surface area (Å²) in [4.78, 5) is 13.0. The van der Waals surface area contributed by atoms with E-state index in [1.807, 2.05) is 17.5 Å². The monoisotopic (exact) mass is 298 g/mol. The van der Waals surface area contributed by atoms with E-state index in [1.54, 1.807) is 12.1 Å². The van der Waals surface area contributed by atoms with Gasteiger partial charge in [0.25, 0.3) is 0 Å². The Morgan fingerprint density at radius 3 is 2.67 bits per heavy atom. The zero-order chi connectivity index (χ0) is 13.1. The zero-order valence-corrected chi connectivity index (χ0v) is 12.2. The predicted molar refractivity (Wildman–Crippen MR) is 78.2 cm³/mol. The number of hydrogen-bond donors (Lipinski definition) is 0. The van der Waals surface area contributed by atoms with Crippen molar-refractivity contribution in [3.8, 4) is 0 Å². The third-order valence-corrected chi connectivity index (χ3v) is 4.47. The number of rotatable bonds is 4. The standard InChI is InChI=1S/C14H12Cl2OS/c1-2-10-5-6-18-14(10)13(17)8-9-3-4-11(15)12(16)7-9/h3-7H,2,8H2,1H3. The van der Waals surface area contributed by atoms with Crippen molar-refractivity contribution in [1.29, 1.82) is 0 Å². The third kappa shape index (κ3) is 2.94. The maximum atomic E-state index is 12.2. The predicted octanol–water partition coefficient (Wildman–Crippen LogP) is 5.04. The van der Waals surface area contributed by atoms with Crippen LogP contribution in [0, 0.1) is 0 Å². The molecule has 1 heterocycles. The van der Waals surface area contributed by atoms with Crippen molar-refractivity contribution in [3.05, 3.63) is 55.7 Å². The lowest BCUT2D eigenvalue weighted by atomic mass is 10.1. The number of benzene rings is 1. The maximum Gasteiger partial charge on any atom is 0.177 e. The molecule has 0 amide bonds. The van der Waals surface area contributed by atoms with Crippen LogP contribution in [0.25, 0.3) is 0 Å². The van der Waals surface area contributed by atoms with Crippen LogP contribution in [0.3, 0.4) is 0 Å². The van der Waals surface area contributed by atoms with Crippen LogP contribution in [0.5, 0.6) is 0 Å². The van der Waals surface area contributed by atoms with E-state index >= 15 is 0 Å². The van der Waals surface area contributed by atoms with E-state index in [1.165, 1.54) is 11.3 Å². The van der Waals surface area contributed by atoms with E-state index in [0.717, 1.165) is 22.4 Å². The summed E-state index contributed by atoms with van der Waals surface area (Å²) in [6.07, 6.45) is 1.25. The van der Waals surface area contributed by atoms with Crippen LogP contribution < -0.4 is 0 Å². The summed E-state index contributed by atoms with van der Waals surface area (Å²) in [6.45, 7) is 2.05. The summed E-state index contributed by atoms with van der Waals surface area (Å²) in [5.41, 5.74) is 2.01. The fourth-order valence-electron chi connectivity index (χ4n) is 1.77. The fraction of sp³-hybridized carbons (Fsp3) is 0.214. The smallest absolute Gasteiger partial charge is 0.177 e. The normalized spacial score (nSPS) is 10.6. The van der Waals surface area contributed by atoms with E-state index in [2.05, 4.69) is 6.92 Å². The second-order valence-corrected chi connectivity index (χ2v) is 5.71. The molecule has 2 aromatic rings. The first-order valence-corrected chi connectivity index (χ1v) is 7.29. The molecule has 1 aromatic heterocycles. The zero-order valence-electron chi connectivity index (χ0n) is 9.87. The molecule has 0 radical (unpaired) electrons. The Kier molecular flexibility index (Phi) is 4.44. The van der Waals surface area contributed by atoms with Gasteiger partial charge in [0, 0.05) is 6.42 Å². The van der Waals surface area contributed by atoms with Crippen molar-refractivity contribution in [2.24, 2.45) is 0 Å². The molecule has 0 saturated heterocycles. The second-order valence-electron chi connectivity index (χ2n) is 3.98. The number of halogens is 2. The molecular weight excluding hydrogens is 287 g/mol. The molecule has 0 aliphatic carbocycles. The summed E-state index contributed by atoms with van der Waals surface area (Å²) >= 11 is 13.3. The Morgan fingerprint density at radius 2 is 2.00 bits per heavy atom. The molecule has 0 spiro atoms. The van der Waals surface area contributed by atoms with Gasteiger partial charge in [0.05, 0.1) is 14.9 Å². The van der Waals surface area contributed by atoms with E-state index in [4.69, 9.17) is 23.2 Å². The first-order valence-electron chi connectivity index (χ1n) is 5.65. The largest absolute Gasteiger partial charge is 0.293 e. The van der Waals surface area contributed by atoms with Gasteiger partial charge in [-0.3, -0.25) is 4.79 Å². The minimum absolute atomic E-state index is 0.139. The molecule has 1 aromatic carbocycles. The van der Waals surface area contributed by atoms with Crippen LogP contribution in [0.2, 0.25) is 10.0 Å². The molecule has 18 heavy (non-hydrogen) atoms. The number of carbonyl (C=O) groups is 1. The number of hydrogen-bond acceptors (Lipinski definition) is 2. The van der Waals surface area contributed by atoms with Gasteiger partial charge in [-0.25, -0.2) is 0 Å². The Hall–Kier alpha value is -0.830. The van der Waals surface area contributed by atoms with Crippen molar-refractivity contribution in [2.75, 3.05) is 0 Å². The van der Waals surface area contributed by atoms with E-state index in [0.29, 0.717) is 16.5 Å². The van der Waals surface area contributed by atoms with Gasteiger partial charge in [-0.1, -0.05) is 36.2 Å². The van der Waals surface area contributed by atoms with E-state index in [9.17, 15) is 4.79 Å². The van der Waals surface area contributed by atoms with Crippen molar-refractivity contribution in [3.63, 3.8) is 0 Å². The molecule has 1 nitrogen and oxygen atoms in total. The summed E-state index contributed by atoms with van der Waals surface area (Å²) < 4.78 is 0. The maximum absolute atomic E-state index is 12.2. The van der Waals surface area contributed by atoms with Crippen molar-refractivity contribution in [1.82, 2.24) is 0 Å². The topological polar surface area (TPSA) is 17.1 Å². The Labute approximate surface area is 120 Å². The number of carbonyl (C=O) groups excluding carboxylic acids is 1. The van der Waals surface area contributed by atoms with Gasteiger partial charge in [-0.15, -0.1) is 11.3 Å². The van der Waals surface area contributed by atoms with E-state index < -0.39 is 0 Å². The van der Waals surface area contributed by atoms with Crippen LogP contribution in [0.1, 0.15) is 27.7 Å². The highest BCUT2D eigenvalue weighted by atomic mass is 35.5. The van der Waals surface area contributed by atoms with Crippen LogP contribution in [0.4, 0.5) is 0 Å². The van der Waals surface area contributed by atoms with Crippen LogP contribution in [-0.4, -0.2) is 5.78 Å². The lowest BCUT2D eigenvalue weighted by Crippen LogP contribution is -2.03. The Bertz CT molecular complexity index is 575. The second kappa shape index (κ2) is 5.87. The van der Waals surface area contributed by atoms with Crippen molar-refractivity contribution >= 4 is 40.3 Å². The van der Waals surface area contributed by atoms with Gasteiger partial charge in [0.1, 0.15) is 0 Å². The van der Waals surface area contributed by atoms with Gasteiger partial charge < -0.3 is 0 Å². The molecule has 0 bridgehead atoms. The summed E-state index contributed by atoms with van der Waals surface area (Å²) in [5.74, 6) is 0.139. The fourth-order valence-corrected chi connectivity index (χ4v) is 3.03. The molecule has 0 fully saturated rings. The minimum atomic E-state index is 0.139. The Morgan fingerprint density at radius 1 is 1.22 bits per heavy atom. The first-order chi connectivity index (χ1) is 8.61.